The summed E-state index contributed by atoms with van der Waals surface area (Å²) < 4.78 is 23.6. The number of aromatic amines is 1. The number of anilines is 1. The van der Waals surface area contributed by atoms with E-state index in [2.05, 4.69) is 10.3 Å². The van der Waals surface area contributed by atoms with Gasteiger partial charge < -0.3 is 19.8 Å². The molecule has 1 atom stereocenters. The summed E-state index contributed by atoms with van der Waals surface area (Å²) in [5, 5.41) is 2.47. The van der Waals surface area contributed by atoms with Gasteiger partial charge in [-0.05, 0) is 58.4 Å². The Morgan fingerprint density at radius 1 is 1.07 bits per heavy atom. The maximum absolute atomic E-state index is 13.2. The molecule has 1 aromatic heterocycles. The molecule has 150 valence electrons. The SMILES string of the molecule is Cc1[nH]c(C(=O)O[C@@H](C)C(=O)Nc2cccc(F)c2)c(C)c1C(=O)OC(C)C. The lowest BCUT2D eigenvalue weighted by Gasteiger charge is -2.13. The zero-order valence-corrected chi connectivity index (χ0v) is 16.4. The van der Waals surface area contributed by atoms with E-state index in [0.717, 1.165) is 6.07 Å². The van der Waals surface area contributed by atoms with E-state index in [-0.39, 0.29) is 23.0 Å². The van der Waals surface area contributed by atoms with Gasteiger partial charge in [0.2, 0.25) is 0 Å². The third kappa shape index (κ3) is 4.97. The van der Waals surface area contributed by atoms with Gasteiger partial charge >= 0.3 is 11.9 Å². The van der Waals surface area contributed by atoms with Gasteiger partial charge in [-0.1, -0.05) is 6.07 Å². The summed E-state index contributed by atoms with van der Waals surface area (Å²) in [6.45, 7) is 8.08. The number of hydrogen-bond donors (Lipinski definition) is 2. The normalized spacial score (nSPS) is 11.8. The van der Waals surface area contributed by atoms with Crippen molar-refractivity contribution in [3.63, 3.8) is 0 Å². The van der Waals surface area contributed by atoms with Crippen molar-refractivity contribution in [2.45, 2.75) is 46.8 Å². The molecule has 1 heterocycles. The third-order valence-electron chi connectivity index (χ3n) is 3.93. The summed E-state index contributed by atoms with van der Waals surface area (Å²) in [5.41, 5.74) is 1.42. The predicted octanol–water partition coefficient (Wildman–Crippen LogP) is 3.52. The van der Waals surface area contributed by atoms with Crippen LogP contribution in [-0.2, 0) is 14.3 Å². The number of nitrogens with one attached hydrogen (secondary N) is 2. The van der Waals surface area contributed by atoms with Crippen LogP contribution < -0.4 is 5.32 Å². The molecule has 1 aromatic carbocycles. The molecule has 0 fully saturated rings. The predicted molar refractivity (Wildman–Crippen MR) is 101 cm³/mol. The van der Waals surface area contributed by atoms with Crippen molar-refractivity contribution in [2.75, 3.05) is 5.32 Å². The van der Waals surface area contributed by atoms with Gasteiger partial charge in [-0.2, -0.15) is 0 Å². The fraction of sp³-hybridized carbons (Fsp3) is 0.350. The first-order valence-corrected chi connectivity index (χ1v) is 8.77. The van der Waals surface area contributed by atoms with Gasteiger partial charge in [-0.3, -0.25) is 4.79 Å². The van der Waals surface area contributed by atoms with Crippen LogP contribution >= 0.6 is 0 Å². The first kappa shape index (κ1) is 21.1. The van der Waals surface area contributed by atoms with Gasteiger partial charge in [-0.25, -0.2) is 14.0 Å². The summed E-state index contributed by atoms with van der Waals surface area (Å²) in [7, 11) is 0. The Balaban J connectivity index is 2.09. The summed E-state index contributed by atoms with van der Waals surface area (Å²) in [6, 6.07) is 5.36. The molecule has 0 aliphatic heterocycles. The fourth-order valence-corrected chi connectivity index (χ4v) is 2.62. The van der Waals surface area contributed by atoms with E-state index in [4.69, 9.17) is 9.47 Å². The topological polar surface area (TPSA) is 97.5 Å². The van der Waals surface area contributed by atoms with Gasteiger partial charge in [0.15, 0.2) is 6.10 Å². The molecule has 1 amide bonds. The van der Waals surface area contributed by atoms with Crippen molar-refractivity contribution in [1.82, 2.24) is 4.98 Å². The van der Waals surface area contributed by atoms with E-state index < -0.39 is 29.8 Å². The van der Waals surface area contributed by atoms with Crippen LogP contribution in [0.4, 0.5) is 10.1 Å². The lowest BCUT2D eigenvalue weighted by atomic mass is 10.1. The first-order valence-electron chi connectivity index (χ1n) is 8.77. The molecule has 7 nitrogen and oxygen atoms in total. The lowest BCUT2D eigenvalue weighted by Crippen LogP contribution is -2.30. The molecule has 8 heteroatoms. The Kier molecular flexibility index (Phi) is 6.56. The molecule has 2 aromatic rings. The Morgan fingerprint density at radius 3 is 2.36 bits per heavy atom. The molecule has 0 aliphatic carbocycles. The first-order chi connectivity index (χ1) is 13.1. The number of rotatable bonds is 6. The van der Waals surface area contributed by atoms with Gasteiger partial charge in [0.25, 0.3) is 5.91 Å². The second-order valence-electron chi connectivity index (χ2n) is 6.63. The maximum Gasteiger partial charge on any atom is 0.355 e. The fourth-order valence-electron chi connectivity index (χ4n) is 2.62. The molecule has 2 N–H and O–H groups in total. The number of H-pyrrole nitrogens is 1. The van der Waals surface area contributed by atoms with Crippen LogP contribution in [0.2, 0.25) is 0 Å². The quantitative estimate of drug-likeness (QED) is 0.736. The number of aromatic nitrogens is 1. The molecule has 0 saturated heterocycles. The highest BCUT2D eigenvalue weighted by atomic mass is 19.1. The largest absolute Gasteiger partial charge is 0.459 e. The second kappa shape index (κ2) is 8.69. The minimum absolute atomic E-state index is 0.0682. The molecule has 0 unspecified atom stereocenters. The molecule has 0 bridgehead atoms. The van der Waals surface area contributed by atoms with Crippen LogP contribution in [0.3, 0.4) is 0 Å². The van der Waals surface area contributed by atoms with Crippen LogP contribution in [0.15, 0.2) is 24.3 Å². The Bertz CT molecular complexity index is 904. The highest BCUT2D eigenvalue weighted by Crippen LogP contribution is 2.21. The number of amides is 1. The van der Waals surface area contributed by atoms with E-state index in [1.807, 2.05) is 0 Å². The molecule has 2 rings (SSSR count). The van der Waals surface area contributed by atoms with Crippen LogP contribution in [0.5, 0.6) is 0 Å². The van der Waals surface area contributed by atoms with E-state index in [9.17, 15) is 18.8 Å². The molecule has 0 radical (unpaired) electrons. The van der Waals surface area contributed by atoms with Crippen molar-refractivity contribution >= 4 is 23.5 Å². The number of aryl methyl sites for hydroxylation is 1. The average molecular weight is 390 g/mol. The second-order valence-corrected chi connectivity index (χ2v) is 6.63. The van der Waals surface area contributed by atoms with Crippen molar-refractivity contribution in [3.8, 4) is 0 Å². The summed E-state index contributed by atoms with van der Waals surface area (Å²) in [6.07, 6.45) is -1.44. The minimum Gasteiger partial charge on any atom is -0.459 e. The molecular formula is C20H23FN2O5. The Labute approximate surface area is 162 Å². The summed E-state index contributed by atoms with van der Waals surface area (Å²) in [4.78, 5) is 39.7. The van der Waals surface area contributed by atoms with Crippen LogP contribution in [0.25, 0.3) is 0 Å². The van der Waals surface area contributed by atoms with Gasteiger partial charge in [0.1, 0.15) is 11.5 Å². The van der Waals surface area contributed by atoms with Gasteiger partial charge in [-0.15, -0.1) is 0 Å². The Morgan fingerprint density at radius 2 is 1.75 bits per heavy atom. The number of benzene rings is 1. The summed E-state index contributed by atoms with van der Waals surface area (Å²) in [5.74, 6) is -2.44. The zero-order valence-electron chi connectivity index (χ0n) is 16.4. The van der Waals surface area contributed by atoms with Crippen molar-refractivity contribution in [2.24, 2.45) is 0 Å². The van der Waals surface area contributed by atoms with Crippen molar-refractivity contribution < 1.29 is 28.2 Å². The van der Waals surface area contributed by atoms with E-state index in [0.29, 0.717) is 11.3 Å². The molecule has 0 saturated carbocycles. The van der Waals surface area contributed by atoms with Gasteiger partial charge in [0, 0.05) is 11.4 Å². The lowest BCUT2D eigenvalue weighted by molar-refractivity contribution is -0.123. The summed E-state index contributed by atoms with van der Waals surface area (Å²) >= 11 is 0. The Hall–Kier alpha value is -3.16. The number of carbonyl (C=O) groups is 3. The maximum atomic E-state index is 13.2. The van der Waals surface area contributed by atoms with E-state index in [1.165, 1.54) is 25.1 Å². The zero-order chi connectivity index (χ0) is 21.0. The highest BCUT2D eigenvalue weighted by Gasteiger charge is 2.27. The monoisotopic (exact) mass is 390 g/mol. The number of ether oxygens (including phenoxy) is 2. The van der Waals surface area contributed by atoms with Crippen molar-refractivity contribution in [1.29, 1.82) is 0 Å². The van der Waals surface area contributed by atoms with E-state index in [1.54, 1.807) is 27.7 Å². The van der Waals surface area contributed by atoms with Crippen LogP contribution in [-0.4, -0.2) is 35.0 Å². The smallest absolute Gasteiger partial charge is 0.355 e. The highest BCUT2D eigenvalue weighted by molar-refractivity contribution is 6.00. The molecule has 0 aliphatic rings. The molecule has 0 spiro atoms. The third-order valence-corrected chi connectivity index (χ3v) is 3.93. The van der Waals surface area contributed by atoms with E-state index >= 15 is 0 Å². The number of esters is 2. The number of hydrogen-bond acceptors (Lipinski definition) is 5. The molecular weight excluding hydrogens is 367 g/mol. The average Bonchev–Trinajstić information content (AvgIpc) is 2.88. The van der Waals surface area contributed by atoms with Crippen LogP contribution in [0, 0.1) is 19.7 Å². The molecule has 28 heavy (non-hydrogen) atoms. The van der Waals surface area contributed by atoms with Crippen molar-refractivity contribution in [3.05, 3.63) is 52.6 Å². The standard InChI is InChI=1S/C20H23FN2O5/c1-10(2)27-19(25)16-11(3)17(22-12(16)4)20(26)28-13(5)18(24)23-15-8-6-7-14(21)9-15/h6-10,13,22H,1-5H3,(H,23,24)/t13-/m0/s1. The minimum atomic E-state index is -1.13. The van der Waals surface area contributed by atoms with Gasteiger partial charge in [0.05, 0.1) is 11.7 Å². The number of carbonyl (C=O) groups excluding carboxylic acids is 3. The number of halogens is 1. The van der Waals surface area contributed by atoms with Crippen LogP contribution in [0.1, 0.15) is 52.9 Å².